The number of hydrogen-bond donors (Lipinski definition) is 5. The molecule has 2 atom stereocenters. The second-order valence-electron chi connectivity index (χ2n) is 2.64. The molecule has 122 valence electrons. The van der Waals surface area contributed by atoms with Gasteiger partial charge in [-0.2, -0.15) is 0 Å². The van der Waals surface area contributed by atoms with E-state index in [2.05, 4.69) is 21.4 Å². The molecule has 0 rings (SSSR count). The van der Waals surface area contributed by atoms with Crippen LogP contribution in [0.5, 0.6) is 0 Å². The largest absolute Gasteiger partial charge is 0.480 e. The van der Waals surface area contributed by atoms with Gasteiger partial charge in [-0.1, -0.05) is 21.6 Å². The van der Waals surface area contributed by atoms with Gasteiger partial charge in [0.05, 0.1) is 0 Å². The predicted molar refractivity (Wildman–Crippen MR) is 84.1 cm³/mol. The topological polar surface area (TPSA) is 164 Å². The second kappa shape index (κ2) is 17.3. The van der Waals surface area contributed by atoms with E-state index in [1.807, 2.05) is 0 Å². The van der Waals surface area contributed by atoms with Crippen LogP contribution in [0.4, 0.5) is 0 Å². The molecule has 0 bridgehead atoms. The molecule has 0 aliphatic carbocycles. The first-order chi connectivity index (χ1) is 9.18. The fourth-order valence-electron chi connectivity index (χ4n) is 0.385. The van der Waals surface area contributed by atoms with Crippen LogP contribution in [0, 0.1) is 0 Å². The molecule has 0 saturated heterocycles. The van der Waals surface area contributed by atoms with E-state index in [1.54, 1.807) is 0 Å². The van der Waals surface area contributed by atoms with E-state index >= 15 is 0 Å². The first-order valence-corrected chi connectivity index (χ1v) is 9.87. The number of aliphatic carboxylic acids is 2. The first kappa shape index (κ1) is 25.2. The average Bonchev–Trinajstić information content (AvgIpc) is 2.35. The molecule has 20 heavy (non-hydrogen) atoms. The van der Waals surface area contributed by atoms with Gasteiger partial charge in [-0.05, 0) is 0 Å². The van der Waals surface area contributed by atoms with Crippen molar-refractivity contribution in [3.8, 4) is 0 Å². The molecule has 0 saturated carbocycles. The molecule has 0 heterocycles. The minimum Gasteiger partial charge on any atom is -0.480 e. The molecule has 8 nitrogen and oxygen atoms in total. The molecule has 0 aliphatic rings. The number of aliphatic hydroxyl groups is 1. The van der Waals surface area contributed by atoms with Gasteiger partial charge >= 0.3 is 11.9 Å². The lowest BCUT2D eigenvalue weighted by Gasteiger charge is -2.07. The molecule has 0 aromatic carbocycles. The molecular formula is C7H16Cl2N2O6S3. The van der Waals surface area contributed by atoms with Gasteiger partial charge in [-0.3, -0.25) is 9.59 Å². The summed E-state index contributed by atoms with van der Waals surface area (Å²) in [6, 6.07) is -1.85. The van der Waals surface area contributed by atoms with E-state index in [-0.39, 0.29) is 11.5 Å². The predicted octanol–water partition coefficient (Wildman–Crippen LogP) is -0.157. The SMILES string of the molecule is CO.N[C@@H](CSSC[C@H](N)C(=O)O)C(=O)O.O=S(Cl)Cl. The normalized spacial score (nSPS) is 12.3. The lowest BCUT2D eigenvalue weighted by atomic mass is 10.4. The van der Waals surface area contributed by atoms with Crippen molar-refractivity contribution in [2.75, 3.05) is 18.6 Å². The van der Waals surface area contributed by atoms with Gasteiger partial charge in [0.1, 0.15) is 12.1 Å². The Morgan fingerprint density at radius 1 is 1.05 bits per heavy atom. The molecule has 13 heteroatoms. The third kappa shape index (κ3) is 23.4. The summed E-state index contributed by atoms with van der Waals surface area (Å²) in [5.74, 6) is -1.68. The zero-order valence-electron chi connectivity index (χ0n) is 10.3. The van der Waals surface area contributed by atoms with Gasteiger partial charge in [0.25, 0.3) is 0 Å². The maximum absolute atomic E-state index is 10.3. The van der Waals surface area contributed by atoms with Crippen LogP contribution in [0.1, 0.15) is 0 Å². The third-order valence-corrected chi connectivity index (χ3v) is 3.69. The van der Waals surface area contributed by atoms with Gasteiger partial charge in [-0.15, -0.1) is 0 Å². The van der Waals surface area contributed by atoms with Crippen LogP contribution in [0.15, 0.2) is 0 Å². The first-order valence-electron chi connectivity index (χ1n) is 4.58. The van der Waals surface area contributed by atoms with Crippen LogP contribution in [-0.4, -0.2) is 62.2 Å². The van der Waals surface area contributed by atoms with E-state index in [0.717, 1.165) is 7.11 Å². The van der Waals surface area contributed by atoms with Crippen molar-refractivity contribution < 1.29 is 29.1 Å². The lowest BCUT2D eigenvalue weighted by Crippen LogP contribution is -2.33. The molecule has 0 radical (unpaired) electrons. The van der Waals surface area contributed by atoms with Crippen molar-refractivity contribution in [2.24, 2.45) is 11.5 Å². The van der Waals surface area contributed by atoms with Crippen LogP contribution in [0.25, 0.3) is 0 Å². The van der Waals surface area contributed by atoms with Crippen LogP contribution in [-0.2, 0) is 18.8 Å². The van der Waals surface area contributed by atoms with Gasteiger partial charge in [0.15, 0.2) is 0 Å². The molecule has 0 fully saturated rings. The van der Waals surface area contributed by atoms with Crippen molar-refractivity contribution in [1.82, 2.24) is 0 Å². The maximum Gasteiger partial charge on any atom is 0.321 e. The Bertz CT molecular complexity index is 274. The molecular weight excluding hydrogens is 375 g/mol. The summed E-state index contributed by atoms with van der Waals surface area (Å²) in [5, 5.41) is 23.8. The molecule has 0 unspecified atom stereocenters. The van der Waals surface area contributed by atoms with E-state index < -0.39 is 33.2 Å². The van der Waals surface area contributed by atoms with E-state index in [9.17, 15) is 9.59 Å². The van der Waals surface area contributed by atoms with Crippen molar-refractivity contribution in [3.05, 3.63) is 0 Å². The molecule has 0 aromatic heterocycles. The van der Waals surface area contributed by atoms with E-state index in [0.29, 0.717) is 0 Å². The van der Waals surface area contributed by atoms with Crippen LogP contribution in [0.2, 0.25) is 0 Å². The zero-order chi connectivity index (χ0) is 16.7. The monoisotopic (exact) mass is 390 g/mol. The number of carboxylic acids is 2. The van der Waals surface area contributed by atoms with E-state index in [1.165, 1.54) is 21.6 Å². The number of halogens is 2. The Morgan fingerprint density at radius 3 is 1.40 bits per heavy atom. The Balaban J connectivity index is -0.000000410. The number of aliphatic hydroxyl groups excluding tert-OH is 1. The summed E-state index contributed by atoms with van der Waals surface area (Å²) >= 11 is 0. The summed E-state index contributed by atoms with van der Waals surface area (Å²) in [5.41, 5.74) is 10.4. The van der Waals surface area contributed by atoms with Gasteiger partial charge in [-0.25, -0.2) is 4.21 Å². The number of nitrogens with two attached hydrogens (primary N) is 2. The summed E-state index contributed by atoms with van der Waals surface area (Å²) < 4.78 is 9.09. The smallest absolute Gasteiger partial charge is 0.321 e. The van der Waals surface area contributed by atoms with Crippen molar-refractivity contribution in [1.29, 1.82) is 0 Å². The molecule has 0 aliphatic heterocycles. The molecule has 0 spiro atoms. The minimum absolute atomic E-state index is 0.229. The lowest BCUT2D eigenvalue weighted by molar-refractivity contribution is -0.138. The Morgan fingerprint density at radius 2 is 1.25 bits per heavy atom. The summed E-state index contributed by atoms with van der Waals surface area (Å²) in [6.45, 7) is 0. The van der Waals surface area contributed by atoms with Crippen molar-refractivity contribution >= 4 is 64.1 Å². The van der Waals surface area contributed by atoms with E-state index in [4.69, 9.17) is 31.0 Å². The molecule has 0 amide bonds. The fraction of sp³-hybridized carbons (Fsp3) is 0.714. The van der Waals surface area contributed by atoms with Gasteiger partial charge < -0.3 is 26.8 Å². The van der Waals surface area contributed by atoms with Crippen LogP contribution in [0.3, 0.4) is 0 Å². The number of rotatable bonds is 7. The van der Waals surface area contributed by atoms with Crippen LogP contribution < -0.4 is 11.5 Å². The summed E-state index contributed by atoms with van der Waals surface area (Å²) in [4.78, 5) is 20.5. The number of hydrogen-bond acceptors (Lipinski definition) is 8. The maximum atomic E-state index is 10.3. The second-order valence-corrected chi connectivity index (χ2v) is 7.72. The molecule has 0 aromatic rings. The highest BCUT2D eigenvalue weighted by Gasteiger charge is 2.14. The third-order valence-electron chi connectivity index (χ3n) is 1.21. The fourth-order valence-corrected chi connectivity index (χ4v) is 2.61. The summed E-state index contributed by atoms with van der Waals surface area (Å²) in [7, 11) is 10.8. The highest BCUT2D eigenvalue weighted by Crippen LogP contribution is 2.22. The van der Waals surface area contributed by atoms with Gasteiger partial charge in [0.2, 0.25) is 9.23 Å². The molecule has 7 N–H and O–H groups in total. The Labute approximate surface area is 135 Å². The average molecular weight is 391 g/mol. The Hall–Kier alpha value is 0.250. The van der Waals surface area contributed by atoms with Gasteiger partial charge in [0, 0.05) is 40.0 Å². The standard InChI is InChI=1S/C6H12N2O4S2.CH4O.Cl2OS/c7-3(5(9)10)1-13-14-2-4(8)6(11)12;1-2;1-4(2)3/h3-4H,1-2,7-8H2,(H,9,10)(H,11,12);2H,1H3;/t3-,4-;;/m0../s1. The number of carbonyl (C=O) groups is 2. The quantitative estimate of drug-likeness (QED) is 0.224. The van der Waals surface area contributed by atoms with Crippen molar-refractivity contribution in [2.45, 2.75) is 12.1 Å². The van der Waals surface area contributed by atoms with Crippen LogP contribution >= 0.6 is 43.0 Å². The Kier molecular flexibility index (Phi) is 21.8. The highest BCUT2D eigenvalue weighted by molar-refractivity contribution is 8.76. The summed E-state index contributed by atoms with van der Waals surface area (Å²) in [6.07, 6.45) is 0. The minimum atomic E-state index is -1.67. The zero-order valence-corrected chi connectivity index (χ0v) is 14.2. The number of carboxylic acid groups (broad SMARTS) is 2. The van der Waals surface area contributed by atoms with Crippen molar-refractivity contribution in [3.63, 3.8) is 0 Å². The highest BCUT2D eigenvalue weighted by atomic mass is 36.0.